The summed E-state index contributed by atoms with van der Waals surface area (Å²) >= 11 is 11.8. The molecular formula is C19H18Cl2N2O4. The number of furan rings is 1. The molecule has 0 fully saturated rings. The van der Waals surface area contributed by atoms with Crippen molar-refractivity contribution in [3.63, 3.8) is 0 Å². The monoisotopic (exact) mass is 408 g/mol. The van der Waals surface area contributed by atoms with Gasteiger partial charge in [-0.3, -0.25) is 25.2 Å². The molecule has 6 nitrogen and oxygen atoms in total. The van der Waals surface area contributed by atoms with Crippen molar-refractivity contribution in [2.75, 3.05) is 0 Å². The Labute approximate surface area is 166 Å². The van der Waals surface area contributed by atoms with Crippen LogP contribution in [-0.4, -0.2) is 17.6 Å². The lowest BCUT2D eigenvalue weighted by molar-refractivity contribution is 0.0827. The number of ketones is 1. The van der Waals surface area contributed by atoms with Crippen LogP contribution in [0.5, 0.6) is 0 Å². The van der Waals surface area contributed by atoms with Crippen molar-refractivity contribution in [1.29, 1.82) is 0 Å². The van der Waals surface area contributed by atoms with E-state index in [1.807, 2.05) is 13.8 Å². The zero-order chi connectivity index (χ0) is 19.9. The molecule has 3 rings (SSSR count). The zero-order valence-electron chi connectivity index (χ0n) is 15.0. The summed E-state index contributed by atoms with van der Waals surface area (Å²) in [6, 6.07) is 4.39. The van der Waals surface area contributed by atoms with Gasteiger partial charge in [-0.15, -0.1) is 0 Å². The van der Waals surface area contributed by atoms with Crippen LogP contribution in [0.2, 0.25) is 10.0 Å². The third-order valence-electron chi connectivity index (χ3n) is 4.45. The second-order valence-electron chi connectivity index (χ2n) is 7.33. The second kappa shape index (κ2) is 7.02. The van der Waals surface area contributed by atoms with E-state index in [1.165, 1.54) is 18.2 Å². The van der Waals surface area contributed by atoms with Crippen LogP contribution in [0.4, 0.5) is 0 Å². The van der Waals surface area contributed by atoms with Gasteiger partial charge in [0.1, 0.15) is 5.76 Å². The molecule has 2 N–H and O–H groups in total. The van der Waals surface area contributed by atoms with E-state index in [9.17, 15) is 14.4 Å². The van der Waals surface area contributed by atoms with E-state index in [2.05, 4.69) is 10.9 Å². The molecule has 0 saturated carbocycles. The molecule has 0 bridgehead atoms. The number of amides is 2. The zero-order valence-corrected chi connectivity index (χ0v) is 16.5. The average molecular weight is 409 g/mol. The lowest BCUT2D eigenvalue weighted by atomic mass is 9.76. The Bertz CT molecular complexity index is 963. The number of rotatable bonds is 2. The molecule has 0 spiro atoms. The molecule has 0 atom stereocenters. The van der Waals surface area contributed by atoms with Crippen molar-refractivity contribution >= 4 is 40.8 Å². The fourth-order valence-corrected chi connectivity index (χ4v) is 3.70. The van der Waals surface area contributed by atoms with Crippen molar-refractivity contribution in [2.24, 2.45) is 5.41 Å². The summed E-state index contributed by atoms with van der Waals surface area (Å²) in [5, 5.41) is 0.552. The highest BCUT2D eigenvalue weighted by Gasteiger charge is 2.37. The first-order valence-corrected chi connectivity index (χ1v) is 9.06. The first-order chi connectivity index (χ1) is 12.6. The van der Waals surface area contributed by atoms with Crippen LogP contribution in [0.15, 0.2) is 22.6 Å². The van der Waals surface area contributed by atoms with Gasteiger partial charge in [-0.25, -0.2) is 0 Å². The molecule has 27 heavy (non-hydrogen) atoms. The number of fused-ring (bicyclic) bond motifs is 1. The van der Waals surface area contributed by atoms with E-state index in [0.29, 0.717) is 34.8 Å². The molecule has 1 aromatic carbocycles. The van der Waals surface area contributed by atoms with E-state index < -0.39 is 11.8 Å². The maximum Gasteiger partial charge on any atom is 0.305 e. The van der Waals surface area contributed by atoms with Gasteiger partial charge in [0.15, 0.2) is 11.5 Å². The predicted molar refractivity (Wildman–Crippen MR) is 101 cm³/mol. The highest BCUT2D eigenvalue weighted by Crippen LogP contribution is 2.38. The van der Waals surface area contributed by atoms with E-state index in [1.54, 1.807) is 6.92 Å². The second-order valence-corrected chi connectivity index (χ2v) is 8.17. The molecule has 142 valence electrons. The SMILES string of the molecule is Cc1c(C(=O)NNC(=O)c2ccc(Cl)cc2Cl)oc2c1C(=O)CC(C)(C)C2. The van der Waals surface area contributed by atoms with E-state index >= 15 is 0 Å². The molecule has 2 amide bonds. The van der Waals surface area contributed by atoms with Crippen molar-refractivity contribution in [2.45, 2.75) is 33.6 Å². The fraction of sp³-hybridized carbons (Fsp3) is 0.316. The van der Waals surface area contributed by atoms with Crippen LogP contribution in [-0.2, 0) is 6.42 Å². The Morgan fingerprint density at radius 1 is 1.11 bits per heavy atom. The number of hydrazine groups is 1. The Morgan fingerprint density at radius 2 is 1.78 bits per heavy atom. The van der Waals surface area contributed by atoms with Gasteiger partial charge in [-0.1, -0.05) is 37.0 Å². The highest BCUT2D eigenvalue weighted by atomic mass is 35.5. The number of Topliss-reactive ketones (excluding diaryl/α,β-unsaturated/α-hetero) is 1. The molecular weight excluding hydrogens is 391 g/mol. The molecule has 1 aliphatic carbocycles. The molecule has 1 aromatic heterocycles. The summed E-state index contributed by atoms with van der Waals surface area (Å²) in [7, 11) is 0. The number of carbonyl (C=O) groups is 3. The van der Waals surface area contributed by atoms with Gasteiger partial charge in [0.25, 0.3) is 5.91 Å². The smallest absolute Gasteiger partial charge is 0.305 e. The van der Waals surface area contributed by atoms with E-state index in [-0.39, 0.29) is 27.5 Å². The largest absolute Gasteiger partial charge is 0.455 e. The molecule has 8 heteroatoms. The third-order valence-corrected chi connectivity index (χ3v) is 5.00. The lowest BCUT2D eigenvalue weighted by Crippen LogP contribution is -2.41. The Morgan fingerprint density at radius 3 is 2.44 bits per heavy atom. The van der Waals surface area contributed by atoms with Gasteiger partial charge in [0.2, 0.25) is 0 Å². The number of halogens is 2. The Balaban J connectivity index is 1.76. The minimum Gasteiger partial charge on any atom is -0.455 e. The Kier molecular flexibility index (Phi) is 5.06. The third kappa shape index (κ3) is 3.87. The van der Waals surface area contributed by atoms with Crippen LogP contribution in [0.1, 0.15) is 62.9 Å². The van der Waals surface area contributed by atoms with Crippen LogP contribution < -0.4 is 10.9 Å². The topological polar surface area (TPSA) is 88.4 Å². The quantitative estimate of drug-likeness (QED) is 0.731. The van der Waals surface area contributed by atoms with Crippen molar-refractivity contribution in [1.82, 2.24) is 10.9 Å². The number of hydrogen-bond donors (Lipinski definition) is 2. The number of benzene rings is 1. The van der Waals surface area contributed by atoms with E-state index in [4.69, 9.17) is 27.6 Å². The molecule has 0 radical (unpaired) electrons. The summed E-state index contributed by atoms with van der Waals surface area (Å²) in [4.78, 5) is 37.0. The summed E-state index contributed by atoms with van der Waals surface area (Å²) in [6.07, 6.45) is 0.960. The van der Waals surface area contributed by atoms with Crippen molar-refractivity contribution < 1.29 is 18.8 Å². The number of carbonyl (C=O) groups excluding carboxylic acids is 3. The molecule has 1 heterocycles. The van der Waals surface area contributed by atoms with E-state index in [0.717, 1.165) is 0 Å². The average Bonchev–Trinajstić information content (AvgIpc) is 2.87. The molecule has 0 saturated heterocycles. The van der Waals surface area contributed by atoms with Crippen molar-refractivity contribution in [3.8, 4) is 0 Å². The van der Waals surface area contributed by atoms with Gasteiger partial charge in [-0.2, -0.15) is 0 Å². The minimum absolute atomic E-state index is 0.00792. The van der Waals surface area contributed by atoms with Crippen LogP contribution in [0.3, 0.4) is 0 Å². The highest BCUT2D eigenvalue weighted by molar-refractivity contribution is 6.36. The van der Waals surface area contributed by atoms with Gasteiger partial charge in [0.05, 0.1) is 16.1 Å². The lowest BCUT2D eigenvalue weighted by Gasteiger charge is -2.27. The van der Waals surface area contributed by atoms with Crippen LogP contribution >= 0.6 is 23.2 Å². The van der Waals surface area contributed by atoms with Gasteiger partial charge < -0.3 is 4.42 Å². The van der Waals surface area contributed by atoms with Gasteiger partial charge in [0, 0.05) is 23.4 Å². The normalized spacial score (nSPS) is 15.2. The van der Waals surface area contributed by atoms with Gasteiger partial charge in [-0.05, 0) is 30.5 Å². The van der Waals surface area contributed by atoms with Crippen LogP contribution in [0.25, 0.3) is 0 Å². The first kappa shape index (κ1) is 19.5. The molecule has 1 aliphatic rings. The number of hydrogen-bond acceptors (Lipinski definition) is 4. The fourth-order valence-electron chi connectivity index (χ4n) is 3.21. The standard InChI is InChI=1S/C19H18Cl2N2O4/c1-9-15-13(24)7-19(2,3)8-14(15)27-16(9)18(26)23-22-17(25)11-5-4-10(20)6-12(11)21/h4-6H,7-8H2,1-3H3,(H,22,25)(H,23,26). The predicted octanol–water partition coefficient (Wildman–Crippen LogP) is 4.12. The maximum absolute atomic E-state index is 12.4. The molecule has 0 unspecified atom stereocenters. The molecule has 0 aliphatic heterocycles. The van der Waals surface area contributed by atoms with Gasteiger partial charge >= 0.3 is 5.91 Å². The molecule has 2 aromatic rings. The first-order valence-electron chi connectivity index (χ1n) is 8.30. The van der Waals surface area contributed by atoms with Crippen molar-refractivity contribution in [3.05, 3.63) is 56.5 Å². The summed E-state index contributed by atoms with van der Waals surface area (Å²) in [5.41, 5.74) is 5.45. The Hall–Kier alpha value is -2.31. The maximum atomic E-state index is 12.4. The summed E-state index contributed by atoms with van der Waals surface area (Å²) in [6.45, 7) is 5.61. The van der Waals surface area contributed by atoms with Crippen LogP contribution in [0, 0.1) is 12.3 Å². The number of nitrogens with one attached hydrogen (secondary N) is 2. The minimum atomic E-state index is -0.647. The summed E-state index contributed by atoms with van der Waals surface area (Å²) in [5.74, 6) is -0.778. The summed E-state index contributed by atoms with van der Waals surface area (Å²) < 4.78 is 5.65.